The topological polar surface area (TPSA) is 46.4 Å². The van der Waals surface area contributed by atoms with E-state index in [0.717, 1.165) is 23.8 Å². The molecule has 3 aromatic rings. The van der Waals surface area contributed by atoms with Crippen LogP contribution in [0.2, 0.25) is 0 Å². The van der Waals surface area contributed by atoms with Crippen molar-refractivity contribution in [2.24, 2.45) is 0 Å². The van der Waals surface area contributed by atoms with Crippen molar-refractivity contribution in [3.05, 3.63) is 72.2 Å². The average molecular weight is 299 g/mol. The molecule has 1 N–H and O–H groups in total. The number of anilines is 1. The van der Waals surface area contributed by atoms with Gasteiger partial charge in [-0.15, -0.1) is 0 Å². The van der Waals surface area contributed by atoms with Crippen LogP contribution in [0.15, 0.2) is 54.9 Å². The summed E-state index contributed by atoms with van der Waals surface area (Å²) in [5.74, 6) is -1.88. The fourth-order valence-corrected chi connectivity index (χ4v) is 2.00. The third-order valence-electron chi connectivity index (χ3n) is 3.04. The van der Waals surface area contributed by atoms with Gasteiger partial charge >= 0.3 is 0 Å². The van der Waals surface area contributed by atoms with Crippen molar-refractivity contribution in [3.8, 4) is 0 Å². The SMILES string of the molecule is O=C(/C=C/c1cnc2ccccn12)Nc1cc(F)ccc1F. The second-order valence-corrected chi connectivity index (χ2v) is 4.56. The number of fused-ring (bicyclic) bond motifs is 1. The van der Waals surface area contributed by atoms with Crippen molar-refractivity contribution in [1.29, 1.82) is 0 Å². The maximum atomic E-state index is 13.4. The van der Waals surface area contributed by atoms with E-state index in [1.807, 2.05) is 24.4 Å². The van der Waals surface area contributed by atoms with Gasteiger partial charge in [0.25, 0.3) is 0 Å². The van der Waals surface area contributed by atoms with Gasteiger partial charge in [-0.25, -0.2) is 13.8 Å². The van der Waals surface area contributed by atoms with Crippen LogP contribution in [0.25, 0.3) is 11.7 Å². The molecule has 0 radical (unpaired) electrons. The number of benzene rings is 1. The number of carbonyl (C=O) groups is 1. The average Bonchev–Trinajstić information content (AvgIpc) is 2.92. The molecule has 1 aromatic carbocycles. The summed E-state index contributed by atoms with van der Waals surface area (Å²) in [7, 11) is 0. The lowest BCUT2D eigenvalue weighted by Gasteiger charge is -2.03. The molecule has 110 valence electrons. The lowest BCUT2D eigenvalue weighted by molar-refractivity contribution is -0.111. The van der Waals surface area contributed by atoms with Gasteiger partial charge in [0, 0.05) is 18.3 Å². The van der Waals surface area contributed by atoms with Crippen LogP contribution in [0.3, 0.4) is 0 Å². The molecule has 0 fully saturated rings. The van der Waals surface area contributed by atoms with E-state index < -0.39 is 17.5 Å². The van der Waals surface area contributed by atoms with Gasteiger partial charge in [-0.2, -0.15) is 0 Å². The van der Waals surface area contributed by atoms with Gasteiger partial charge < -0.3 is 9.72 Å². The van der Waals surface area contributed by atoms with E-state index in [1.54, 1.807) is 16.7 Å². The summed E-state index contributed by atoms with van der Waals surface area (Å²) in [6.07, 6.45) is 6.21. The lowest BCUT2D eigenvalue weighted by atomic mass is 10.3. The first-order valence-electron chi connectivity index (χ1n) is 6.50. The van der Waals surface area contributed by atoms with Crippen molar-refractivity contribution >= 4 is 23.3 Å². The quantitative estimate of drug-likeness (QED) is 0.755. The number of halogens is 2. The second-order valence-electron chi connectivity index (χ2n) is 4.56. The Morgan fingerprint density at radius 3 is 2.95 bits per heavy atom. The zero-order chi connectivity index (χ0) is 15.5. The molecule has 0 spiro atoms. The Labute approximate surface area is 124 Å². The summed E-state index contributed by atoms with van der Waals surface area (Å²) in [6, 6.07) is 8.40. The highest BCUT2D eigenvalue weighted by atomic mass is 19.1. The van der Waals surface area contributed by atoms with Crippen LogP contribution in [0.4, 0.5) is 14.5 Å². The number of nitrogens with zero attached hydrogens (tertiary/aromatic N) is 2. The fourth-order valence-electron chi connectivity index (χ4n) is 2.00. The summed E-state index contributed by atoms with van der Waals surface area (Å²) in [5.41, 5.74) is 1.25. The third kappa shape index (κ3) is 2.85. The Morgan fingerprint density at radius 2 is 2.09 bits per heavy atom. The molecule has 0 bridgehead atoms. The summed E-state index contributed by atoms with van der Waals surface area (Å²) >= 11 is 0. The number of carbonyl (C=O) groups excluding carboxylic acids is 1. The minimum Gasteiger partial charge on any atom is -0.320 e. The van der Waals surface area contributed by atoms with Crippen molar-refractivity contribution in [1.82, 2.24) is 9.38 Å². The minimum absolute atomic E-state index is 0.201. The molecule has 0 saturated heterocycles. The van der Waals surface area contributed by atoms with Crippen LogP contribution in [-0.4, -0.2) is 15.3 Å². The van der Waals surface area contributed by atoms with E-state index in [4.69, 9.17) is 0 Å². The van der Waals surface area contributed by atoms with Gasteiger partial charge in [0.15, 0.2) is 0 Å². The number of aromatic nitrogens is 2. The molecular formula is C16H11F2N3O. The minimum atomic E-state index is -0.696. The van der Waals surface area contributed by atoms with Gasteiger partial charge in [0.2, 0.25) is 5.91 Å². The summed E-state index contributed by atoms with van der Waals surface area (Å²) < 4.78 is 28.3. The highest BCUT2D eigenvalue weighted by molar-refractivity contribution is 6.01. The maximum absolute atomic E-state index is 13.4. The molecule has 0 aliphatic carbocycles. The van der Waals surface area contributed by atoms with Gasteiger partial charge in [0.05, 0.1) is 17.6 Å². The zero-order valence-corrected chi connectivity index (χ0v) is 11.3. The number of nitrogens with one attached hydrogen (secondary N) is 1. The number of pyridine rings is 1. The first-order valence-corrected chi connectivity index (χ1v) is 6.50. The Balaban J connectivity index is 1.78. The maximum Gasteiger partial charge on any atom is 0.248 e. The van der Waals surface area contributed by atoms with Crippen LogP contribution in [-0.2, 0) is 4.79 Å². The number of rotatable bonds is 3. The van der Waals surface area contributed by atoms with Crippen LogP contribution in [0, 0.1) is 11.6 Å². The first-order chi connectivity index (χ1) is 10.6. The molecule has 22 heavy (non-hydrogen) atoms. The van der Waals surface area contributed by atoms with E-state index in [-0.39, 0.29) is 5.69 Å². The Hall–Kier alpha value is -3.02. The van der Waals surface area contributed by atoms with Gasteiger partial charge in [-0.1, -0.05) is 6.07 Å². The lowest BCUT2D eigenvalue weighted by Crippen LogP contribution is -2.09. The Morgan fingerprint density at radius 1 is 1.23 bits per heavy atom. The first kappa shape index (κ1) is 13.9. The predicted octanol–water partition coefficient (Wildman–Crippen LogP) is 3.26. The van der Waals surface area contributed by atoms with Crippen molar-refractivity contribution < 1.29 is 13.6 Å². The van der Waals surface area contributed by atoms with Gasteiger partial charge in [0.1, 0.15) is 17.3 Å². The number of imidazole rings is 1. The van der Waals surface area contributed by atoms with Gasteiger partial charge in [-0.05, 0) is 30.3 Å². The summed E-state index contributed by atoms with van der Waals surface area (Å²) in [5, 5.41) is 2.29. The molecule has 3 rings (SSSR count). The molecule has 0 saturated carbocycles. The molecule has 4 nitrogen and oxygen atoms in total. The van der Waals surface area contributed by atoms with E-state index in [2.05, 4.69) is 10.3 Å². The molecule has 0 atom stereocenters. The van der Waals surface area contributed by atoms with Crippen LogP contribution >= 0.6 is 0 Å². The van der Waals surface area contributed by atoms with Crippen molar-refractivity contribution in [2.75, 3.05) is 5.32 Å². The van der Waals surface area contributed by atoms with Gasteiger partial charge in [-0.3, -0.25) is 4.79 Å². The molecule has 2 aromatic heterocycles. The fraction of sp³-hybridized carbons (Fsp3) is 0. The highest BCUT2D eigenvalue weighted by Gasteiger charge is 2.06. The van der Waals surface area contributed by atoms with E-state index in [1.165, 1.54) is 6.08 Å². The summed E-state index contributed by atoms with van der Waals surface area (Å²) in [6.45, 7) is 0. The molecule has 1 amide bonds. The summed E-state index contributed by atoms with van der Waals surface area (Å²) in [4.78, 5) is 16.0. The molecular weight excluding hydrogens is 288 g/mol. The predicted molar refractivity (Wildman–Crippen MR) is 79.2 cm³/mol. The van der Waals surface area contributed by atoms with E-state index in [0.29, 0.717) is 5.69 Å². The van der Waals surface area contributed by atoms with Crippen molar-refractivity contribution in [2.45, 2.75) is 0 Å². The van der Waals surface area contributed by atoms with Crippen molar-refractivity contribution in [3.63, 3.8) is 0 Å². The van der Waals surface area contributed by atoms with E-state index in [9.17, 15) is 13.6 Å². The Bertz CT molecular complexity index is 871. The van der Waals surface area contributed by atoms with E-state index >= 15 is 0 Å². The smallest absolute Gasteiger partial charge is 0.248 e. The molecule has 0 unspecified atom stereocenters. The second kappa shape index (κ2) is 5.77. The van der Waals surface area contributed by atoms with Crippen LogP contribution < -0.4 is 5.32 Å². The van der Waals surface area contributed by atoms with Crippen LogP contribution in [0.1, 0.15) is 5.69 Å². The molecule has 0 aliphatic rings. The zero-order valence-electron chi connectivity index (χ0n) is 11.3. The Kier molecular flexibility index (Phi) is 3.65. The molecule has 0 aliphatic heterocycles. The molecule has 6 heteroatoms. The third-order valence-corrected chi connectivity index (χ3v) is 3.04. The number of amides is 1. The number of hydrogen-bond donors (Lipinski definition) is 1. The van der Waals surface area contributed by atoms with Crippen LogP contribution in [0.5, 0.6) is 0 Å². The standard InChI is InChI=1S/C16H11F2N3O/c17-11-4-6-13(18)14(9-11)20-16(22)7-5-12-10-19-15-3-1-2-8-21(12)15/h1-10H,(H,20,22)/b7-5+. The monoisotopic (exact) mass is 299 g/mol. The highest BCUT2D eigenvalue weighted by Crippen LogP contribution is 2.15. The largest absolute Gasteiger partial charge is 0.320 e. The molecule has 2 heterocycles. The number of hydrogen-bond acceptors (Lipinski definition) is 2. The normalized spacial score (nSPS) is 11.2.